The molecule has 0 spiro atoms. The van der Waals surface area contributed by atoms with Crippen molar-refractivity contribution in [3.8, 4) is 0 Å². The number of nitrogens with zero attached hydrogens (tertiary/aromatic N) is 2. The van der Waals surface area contributed by atoms with Gasteiger partial charge in [0, 0.05) is 31.7 Å². The van der Waals surface area contributed by atoms with Crippen molar-refractivity contribution in [1.29, 1.82) is 0 Å². The quantitative estimate of drug-likeness (QED) is 0.836. The lowest BCUT2D eigenvalue weighted by atomic mass is 9.90. The maximum absolute atomic E-state index is 11.7. The zero-order valence-corrected chi connectivity index (χ0v) is 13.6. The Morgan fingerprint density at radius 1 is 1.20 bits per heavy atom. The first-order valence-electron chi connectivity index (χ1n) is 7.77. The fourth-order valence-electron chi connectivity index (χ4n) is 3.58. The molecule has 0 aromatic rings. The summed E-state index contributed by atoms with van der Waals surface area (Å²) in [5.74, 6) is 0.471. The molecular formula is C14H29N3O2S. The number of piperidine rings is 1. The van der Waals surface area contributed by atoms with E-state index in [1.54, 1.807) is 4.31 Å². The van der Waals surface area contributed by atoms with Crippen LogP contribution in [0.3, 0.4) is 0 Å². The second kappa shape index (κ2) is 6.73. The highest BCUT2D eigenvalue weighted by molar-refractivity contribution is 7.88. The fraction of sp³-hybridized carbons (Fsp3) is 1.00. The highest BCUT2D eigenvalue weighted by atomic mass is 32.2. The second-order valence-corrected chi connectivity index (χ2v) is 8.62. The van der Waals surface area contributed by atoms with Crippen molar-refractivity contribution >= 4 is 10.0 Å². The van der Waals surface area contributed by atoms with Gasteiger partial charge in [-0.3, -0.25) is 0 Å². The molecule has 5 nitrogen and oxygen atoms in total. The molecule has 0 amide bonds. The van der Waals surface area contributed by atoms with Crippen molar-refractivity contribution in [2.75, 3.05) is 32.9 Å². The van der Waals surface area contributed by atoms with Gasteiger partial charge in [0.15, 0.2) is 0 Å². The van der Waals surface area contributed by atoms with E-state index in [1.807, 2.05) is 0 Å². The van der Waals surface area contributed by atoms with Gasteiger partial charge in [0.05, 0.1) is 6.26 Å². The van der Waals surface area contributed by atoms with Gasteiger partial charge in [-0.15, -0.1) is 0 Å². The third kappa shape index (κ3) is 4.41. The van der Waals surface area contributed by atoms with Gasteiger partial charge >= 0.3 is 0 Å². The topological polar surface area (TPSA) is 66.6 Å². The summed E-state index contributed by atoms with van der Waals surface area (Å²) in [6, 6.07) is 1.01. The number of hydrogen-bond acceptors (Lipinski definition) is 4. The van der Waals surface area contributed by atoms with E-state index in [4.69, 9.17) is 5.73 Å². The van der Waals surface area contributed by atoms with Gasteiger partial charge in [-0.1, -0.05) is 0 Å². The summed E-state index contributed by atoms with van der Waals surface area (Å²) in [6.07, 6.45) is 8.05. The monoisotopic (exact) mass is 303 g/mol. The Hall–Kier alpha value is -0.170. The Kier molecular flexibility index (Phi) is 5.45. The largest absolute Gasteiger partial charge is 0.328 e. The van der Waals surface area contributed by atoms with Crippen molar-refractivity contribution in [3.05, 3.63) is 0 Å². The maximum Gasteiger partial charge on any atom is 0.211 e. The number of nitrogens with two attached hydrogens (primary N) is 1. The van der Waals surface area contributed by atoms with E-state index in [0.717, 1.165) is 32.2 Å². The molecule has 2 aliphatic rings. The van der Waals surface area contributed by atoms with Gasteiger partial charge in [-0.25, -0.2) is 12.7 Å². The smallest absolute Gasteiger partial charge is 0.211 e. The molecule has 1 saturated carbocycles. The summed E-state index contributed by atoms with van der Waals surface area (Å²) in [6.45, 7) is 2.39. The molecule has 1 saturated heterocycles. The SMILES string of the molecule is CN(CC1CCCN(S(C)(=O)=O)C1)C1CCC(N)CC1. The minimum Gasteiger partial charge on any atom is -0.328 e. The van der Waals surface area contributed by atoms with Crippen LogP contribution in [0.2, 0.25) is 0 Å². The van der Waals surface area contributed by atoms with Gasteiger partial charge in [-0.05, 0) is 51.5 Å². The van der Waals surface area contributed by atoms with E-state index in [-0.39, 0.29) is 0 Å². The van der Waals surface area contributed by atoms with E-state index in [0.29, 0.717) is 31.1 Å². The predicted octanol–water partition coefficient (Wildman–Crippen LogP) is 0.860. The first-order chi connectivity index (χ1) is 9.36. The predicted molar refractivity (Wildman–Crippen MR) is 82.0 cm³/mol. The van der Waals surface area contributed by atoms with Crippen molar-refractivity contribution in [3.63, 3.8) is 0 Å². The van der Waals surface area contributed by atoms with Gasteiger partial charge < -0.3 is 10.6 Å². The summed E-state index contributed by atoms with van der Waals surface area (Å²) in [4.78, 5) is 2.43. The second-order valence-electron chi connectivity index (χ2n) is 6.64. The molecule has 0 aromatic heterocycles. The molecule has 20 heavy (non-hydrogen) atoms. The normalized spacial score (nSPS) is 33.5. The summed E-state index contributed by atoms with van der Waals surface area (Å²) < 4.78 is 25.0. The van der Waals surface area contributed by atoms with E-state index < -0.39 is 10.0 Å². The Morgan fingerprint density at radius 2 is 1.85 bits per heavy atom. The van der Waals surface area contributed by atoms with E-state index in [2.05, 4.69) is 11.9 Å². The molecule has 2 rings (SSSR count). The molecule has 118 valence electrons. The third-order valence-electron chi connectivity index (χ3n) is 4.86. The van der Waals surface area contributed by atoms with Crippen LogP contribution in [0.25, 0.3) is 0 Å². The van der Waals surface area contributed by atoms with Crippen LogP contribution in [-0.2, 0) is 10.0 Å². The van der Waals surface area contributed by atoms with Crippen LogP contribution >= 0.6 is 0 Å². The van der Waals surface area contributed by atoms with Crippen molar-refractivity contribution in [2.45, 2.75) is 50.6 Å². The molecule has 1 aliphatic carbocycles. The van der Waals surface area contributed by atoms with Crippen LogP contribution in [0, 0.1) is 5.92 Å². The first kappa shape index (κ1) is 16.2. The van der Waals surface area contributed by atoms with Gasteiger partial charge in [0.1, 0.15) is 0 Å². The molecule has 0 aromatic carbocycles. The van der Waals surface area contributed by atoms with Crippen LogP contribution in [0.4, 0.5) is 0 Å². The third-order valence-corrected chi connectivity index (χ3v) is 6.13. The average molecular weight is 303 g/mol. The Morgan fingerprint density at radius 3 is 2.45 bits per heavy atom. The van der Waals surface area contributed by atoms with Crippen LogP contribution in [0.5, 0.6) is 0 Å². The van der Waals surface area contributed by atoms with Gasteiger partial charge in [0.25, 0.3) is 0 Å². The molecule has 2 fully saturated rings. The average Bonchev–Trinajstić information content (AvgIpc) is 2.38. The van der Waals surface area contributed by atoms with Crippen LogP contribution in [0.15, 0.2) is 0 Å². The minimum atomic E-state index is -3.03. The highest BCUT2D eigenvalue weighted by Gasteiger charge is 2.29. The molecule has 0 radical (unpaired) electrons. The molecular weight excluding hydrogens is 274 g/mol. The number of sulfonamides is 1. The minimum absolute atomic E-state index is 0.384. The maximum atomic E-state index is 11.7. The molecule has 1 unspecified atom stereocenters. The molecule has 2 N–H and O–H groups in total. The van der Waals surface area contributed by atoms with Gasteiger partial charge in [-0.2, -0.15) is 0 Å². The van der Waals surface area contributed by atoms with Crippen molar-refractivity contribution in [1.82, 2.24) is 9.21 Å². The van der Waals surface area contributed by atoms with E-state index in [9.17, 15) is 8.42 Å². The van der Waals surface area contributed by atoms with E-state index >= 15 is 0 Å². The summed E-state index contributed by atoms with van der Waals surface area (Å²) >= 11 is 0. The molecule has 1 atom stereocenters. The first-order valence-corrected chi connectivity index (χ1v) is 9.62. The number of hydrogen-bond donors (Lipinski definition) is 1. The van der Waals surface area contributed by atoms with Crippen molar-refractivity contribution < 1.29 is 8.42 Å². The van der Waals surface area contributed by atoms with Crippen LogP contribution < -0.4 is 5.73 Å². The Labute approximate surface area is 123 Å². The molecule has 1 aliphatic heterocycles. The Balaban J connectivity index is 1.83. The Bertz CT molecular complexity index is 405. The highest BCUT2D eigenvalue weighted by Crippen LogP contribution is 2.24. The number of rotatable bonds is 4. The van der Waals surface area contributed by atoms with Gasteiger partial charge in [0.2, 0.25) is 10.0 Å². The lowest BCUT2D eigenvalue weighted by molar-refractivity contribution is 0.135. The molecule has 6 heteroatoms. The summed E-state index contributed by atoms with van der Waals surface area (Å²) in [7, 11) is -0.847. The van der Waals surface area contributed by atoms with Crippen LogP contribution in [0.1, 0.15) is 38.5 Å². The summed E-state index contributed by atoms with van der Waals surface area (Å²) in [5.41, 5.74) is 5.96. The lowest BCUT2D eigenvalue weighted by Crippen LogP contribution is -2.46. The van der Waals surface area contributed by atoms with E-state index in [1.165, 1.54) is 19.1 Å². The zero-order chi connectivity index (χ0) is 14.8. The molecule has 0 bridgehead atoms. The van der Waals surface area contributed by atoms with Crippen molar-refractivity contribution in [2.24, 2.45) is 11.7 Å². The fourth-order valence-corrected chi connectivity index (χ4v) is 4.52. The van der Waals surface area contributed by atoms with Crippen LogP contribution in [-0.4, -0.2) is 62.6 Å². The summed E-state index contributed by atoms with van der Waals surface area (Å²) in [5, 5.41) is 0. The lowest BCUT2D eigenvalue weighted by Gasteiger charge is -2.38. The standard InChI is InChI=1S/C14H29N3O2S/c1-16(14-7-5-13(15)6-8-14)10-12-4-3-9-17(11-12)20(2,18)19/h12-14H,3-11,15H2,1-2H3. The molecule has 1 heterocycles. The zero-order valence-electron chi connectivity index (χ0n) is 12.8.